The number of nitrogens with one attached hydrogen (secondary N) is 2. The van der Waals surface area contributed by atoms with Crippen molar-refractivity contribution in [2.45, 2.75) is 205 Å². The number of ether oxygens (including phenoxy) is 2. The molecule has 6 rings (SSSR count). The first-order valence-electron chi connectivity index (χ1n) is 23.9. The van der Waals surface area contributed by atoms with Crippen LogP contribution < -0.4 is 10.8 Å². The summed E-state index contributed by atoms with van der Waals surface area (Å²) in [6, 6.07) is 0.368. The van der Waals surface area contributed by atoms with Crippen LogP contribution in [0.2, 0.25) is 0 Å². The predicted octanol–water partition coefficient (Wildman–Crippen LogP) is 9.48. The first-order chi connectivity index (χ1) is 27.5. The highest BCUT2D eigenvalue weighted by molar-refractivity contribution is 5.85. The van der Waals surface area contributed by atoms with Crippen LogP contribution in [0.5, 0.6) is 0 Å². The zero-order valence-electron chi connectivity index (χ0n) is 35.8. The number of rotatable bonds is 18. The number of aliphatic carboxylic acids is 2. The highest BCUT2D eigenvalue weighted by Crippen LogP contribution is 2.42. The zero-order chi connectivity index (χ0) is 40.2. The Hall–Kier alpha value is -1.75. The molecule has 6 atom stereocenters. The summed E-state index contributed by atoms with van der Waals surface area (Å²) in [5.74, 6) is -0.150. The summed E-state index contributed by atoms with van der Waals surface area (Å²) < 4.78 is 12.8. The molecule has 4 N–H and O–H groups in total. The molecule has 6 saturated carbocycles. The molecule has 6 aliphatic carbocycles. The molecule has 0 aromatic carbocycles. The van der Waals surface area contributed by atoms with Gasteiger partial charge in [-0.25, -0.2) is 0 Å². The Morgan fingerprint density at radius 3 is 1.56 bits per heavy atom. The van der Waals surface area contributed by atoms with Gasteiger partial charge in [-0.1, -0.05) is 84.5 Å². The van der Waals surface area contributed by atoms with Crippen molar-refractivity contribution in [1.29, 1.82) is 0 Å². The molecule has 10 heteroatoms. The number of carbonyl (C=O) groups excluding carboxylic acids is 1. The fourth-order valence-electron chi connectivity index (χ4n) is 11.9. The molecule has 6 fully saturated rings. The van der Waals surface area contributed by atoms with E-state index in [1.807, 2.05) is 0 Å². The van der Waals surface area contributed by atoms with Crippen molar-refractivity contribution in [3.05, 3.63) is 0 Å². The summed E-state index contributed by atoms with van der Waals surface area (Å²) in [5.41, 5.74) is 3.18. The van der Waals surface area contributed by atoms with Crippen molar-refractivity contribution in [3.63, 3.8) is 0 Å². The van der Waals surface area contributed by atoms with Crippen molar-refractivity contribution < 1.29 is 38.9 Å². The van der Waals surface area contributed by atoms with Gasteiger partial charge in [0.15, 0.2) is 0 Å². The lowest BCUT2D eigenvalue weighted by Crippen LogP contribution is -2.46. The van der Waals surface area contributed by atoms with Gasteiger partial charge < -0.3 is 29.8 Å². The van der Waals surface area contributed by atoms with E-state index in [9.17, 15) is 24.6 Å². The van der Waals surface area contributed by atoms with Gasteiger partial charge in [0.2, 0.25) is 5.91 Å². The Morgan fingerprint density at radius 2 is 1.04 bits per heavy atom. The molecule has 1 amide bonds. The molecule has 0 aromatic heterocycles. The van der Waals surface area contributed by atoms with Gasteiger partial charge in [0.1, 0.15) is 0 Å². The maximum absolute atomic E-state index is 13.4. The van der Waals surface area contributed by atoms with Crippen molar-refractivity contribution in [1.82, 2.24) is 10.8 Å². The number of hydrogen-bond donors (Lipinski definition) is 4. The van der Waals surface area contributed by atoms with E-state index >= 15 is 0 Å². The van der Waals surface area contributed by atoms with Gasteiger partial charge in [0, 0.05) is 17.5 Å². The third kappa shape index (κ3) is 14.2. The van der Waals surface area contributed by atoms with Gasteiger partial charge in [-0.2, -0.15) is 5.48 Å². The number of hydroxylamine groups is 1. The highest BCUT2D eigenvalue weighted by Gasteiger charge is 2.41. The molecule has 6 unspecified atom stereocenters. The van der Waals surface area contributed by atoms with Crippen molar-refractivity contribution >= 4 is 17.8 Å². The SMILES string of the molecule is CC(C)(COC1CCC(NOCC2CCC(CC3CCCCC3)CC2C(=O)O)CC1)COC1CCC(NC(=O)C2CCC(CC3CCCCC3)CC2C(=O)O)CC1. The summed E-state index contributed by atoms with van der Waals surface area (Å²) in [7, 11) is 0. The molecule has 0 bridgehead atoms. The number of carboxylic acids is 2. The summed E-state index contributed by atoms with van der Waals surface area (Å²) in [4.78, 5) is 43.8. The molecular weight excluding hydrogens is 721 g/mol. The van der Waals surface area contributed by atoms with Crippen molar-refractivity contribution in [2.24, 2.45) is 52.8 Å². The second-order valence-electron chi connectivity index (χ2n) is 20.8. The minimum Gasteiger partial charge on any atom is -0.481 e. The monoisotopic (exact) mass is 801 g/mol. The minimum atomic E-state index is -0.803. The van der Waals surface area contributed by atoms with Crippen LogP contribution in [0.15, 0.2) is 0 Å². The number of carbonyl (C=O) groups is 3. The van der Waals surface area contributed by atoms with Crippen molar-refractivity contribution in [3.8, 4) is 0 Å². The quantitative estimate of drug-likeness (QED) is 0.0997. The molecule has 0 aromatic rings. The van der Waals surface area contributed by atoms with Gasteiger partial charge in [-0.15, -0.1) is 0 Å². The van der Waals surface area contributed by atoms with Gasteiger partial charge >= 0.3 is 11.9 Å². The minimum absolute atomic E-state index is 0.0514. The average molecular weight is 801 g/mol. The fraction of sp³-hybridized carbons (Fsp3) is 0.936. The third-order valence-electron chi connectivity index (χ3n) is 15.5. The molecule has 57 heavy (non-hydrogen) atoms. The Labute approximate surface area is 344 Å². The van der Waals surface area contributed by atoms with Gasteiger partial charge in [0.05, 0.1) is 49.8 Å². The zero-order valence-corrected chi connectivity index (χ0v) is 35.8. The van der Waals surface area contributed by atoms with Crippen LogP contribution in [-0.2, 0) is 28.7 Å². The number of amides is 1. The van der Waals surface area contributed by atoms with Crippen LogP contribution in [0, 0.1) is 52.8 Å². The lowest BCUT2D eigenvalue weighted by Gasteiger charge is -2.37. The van der Waals surface area contributed by atoms with Crippen LogP contribution in [0.1, 0.15) is 181 Å². The topological polar surface area (TPSA) is 143 Å². The number of carboxylic acid groups (broad SMARTS) is 2. The number of hydrogen-bond acceptors (Lipinski definition) is 7. The lowest BCUT2D eigenvalue weighted by molar-refractivity contribution is -0.150. The molecular formula is C47H80N2O8. The van der Waals surface area contributed by atoms with E-state index in [0.29, 0.717) is 44.5 Å². The molecule has 0 spiro atoms. The summed E-state index contributed by atoms with van der Waals surface area (Å²) in [6.07, 6.45) is 28.7. The first kappa shape index (κ1) is 44.8. The van der Waals surface area contributed by atoms with Crippen LogP contribution in [0.25, 0.3) is 0 Å². The maximum Gasteiger partial charge on any atom is 0.307 e. The smallest absolute Gasteiger partial charge is 0.307 e. The van der Waals surface area contributed by atoms with Gasteiger partial charge in [0.25, 0.3) is 0 Å². The van der Waals surface area contributed by atoms with E-state index in [0.717, 1.165) is 95.3 Å². The molecule has 0 radical (unpaired) electrons. The van der Waals surface area contributed by atoms with Crippen LogP contribution >= 0.6 is 0 Å². The molecule has 6 aliphatic rings. The molecule has 10 nitrogen and oxygen atoms in total. The lowest BCUT2D eigenvalue weighted by atomic mass is 9.69. The second kappa shape index (κ2) is 22.2. The summed E-state index contributed by atoms with van der Waals surface area (Å²) in [5, 5.41) is 23.3. The van der Waals surface area contributed by atoms with Crippen LogP contribution in [-0.4, -0.2) is 72.2 Å². The van der Waals surface area contributed by atoms with Crippen LogP contribution in [0.4, 0.5) is 0 Å². The Morgan fingerprint density at radius 1 is 0.544 bits per heavy atom. The molecule has 0 saturated heterocycles. The van der Waals surface area contributed by atoms with Gasteiger partial charge in [-0.05, 0) is 126 Å². The standard InChI is InChI=1S/C47H80N2O8/c1-47(2,30-55-39-20-16-37(17-21-39)48-44(50)41-24-14-35(28-43(41)46(53)54)26-33-11-7-4-8-12-33)31-56-40-22-18-38(19-23-40)49-57-29-36-15-13-34(27-42(36)45(51)52)25-32-9-5-3-6-10-32/h32-43,49H,3-31H2,1-2H3,(H,48,50)(H,51,52)(H,53,54). The Balaban J connectivity index is 0.809. The third-order valence-corrected chi connectivity index (χ3v) is 15.5. The van der Waals surface area contributed by atoms with E-state index in [-0.39, 0.29) is 47.4 Å². The van der Waals surface area contributed by atoms with E-state index in [1.54, 1.807) is 0 Å². The first-order valence-corrected chi connectivity index (χ1v) is 23.9. The van der Waals surface area contributed by atoms with E-state index < -0.39 is 23.8 Å². The van der Waals surface area contributed by atoms with E-state index in [4.69, 9.17) is 14.3 Å². The highest BCUT2D eigenvalue weighted by atomic mass is 16.6. The largest absolute Gasteiger partial charge is 0.481 e. The average Bonchev–Trinajstić information content (AvgIpc) is 3.21. The predicted molar refractivity (Wildman–Crippen MR) is 221 cm³/mol. The Bertz CT molecular complexity index is 1230. The van der Waals surface area contributed by atoms with Crippen molar-refractivity contribution in [2.75, 3.05) is 19.8 Å². The fourth-order valence-corrected chi connectivity index (χ4v) is 11.9. The molecule has 0 heterocycles. The molecule has 326 valence electrons. The Kier molecular flexibility index (Phi) is 17.4. The van der Waals surface area contributed by atoms with Crippen LogP contribution in [0.3, 0.4) is 0 Å². The molecule has 0 aliphatic heterocycles. The van der Waals surface area contributed by atoms with Gasteiger partial charge in [-0.3, -0.25) is 14.4 Å². The summed E-state index contributed by atoms with van der Waals surface area (Å²) in [6.45, 7) is 6.16. The summed E-state index contributed by atoms with van der Waals surface area (Å²) >= 11 is 0. The van der Waals surface area contributed by atoms with E-state index in [1.165, 1.54) is 70.6 Å². The second-order valence-corrected chi connectivity index (χ2v) is 20.8. The van der Waals surface area contributed by atoms with E-state index in [2.05, 4.69) is 24.6 Å². The normalized spacial score (nSPS) is 35.1. The maximum atomic E-state index is 13.4.